The summed E-state index contributed by atoms with van der Waals surface area (Å²) >= 11 is 0. The summed E-state index contributed by atoms with van der Waals surface area (Å²) in [7, 11) is 0. The zero-order valence-corrected chi connectivity index (χ0v) is 11.6. The largest absolute Gasteiger partial charge is 0.462 e. The molecule has 2 N–H and O–H groups in total. The van der Waals surface area contributed by atoms with Gasteiger partial charge in [-0.05, 0) is 27.7 Å². The number of nitrogens with zero attached hydrogens (tertiary/aromatic N) is 2. The van der Waals surface area contributed by atoms with Crippen LogP contribution >= 0.6 is 0 Å². The van der Waals surface area contributed by atoms with Gasteiger partial charge in [-0.1, -0.05) is 0 Å². The molecule has 7 nitrogen and oxygen atoms in total. The fourth-order valence-corrected chi connectivity index (χ4v) is 1.39. The van der Waals surface area contributed by atoms with Crippen LogP contribution < -0.4 is 5.73 Å². The van der Waals surface area contributed by atoms with Gasteiger partial charge < -0.3 is 15.2 Å². The van der Waals surface area contributed by atoms with Crippen molar-refractivity contribution < 1.29 is 19.1 Å². The van der Waals surface area contributed by atoms with Crippen LogP contribution in [0.5, 0.6) is 0 Å². The van der Waals surface area contributed by atoms with E-state index in [2.05, 4.69) is 5.10 Å². The molecule has 19 heavy (non-hydrogen) atoms. The molecule has 1 aromatic heterocycles. The van der Waals surface area contributed by atoms with Crippen molar-refractivity contribution in [1.29, 1.82) is 0 Å². The second kappa shape index (κ2) is 5.73. The van der Waals surface area contributed by atoms with Crippen molar-refractivity contribution in [1.82, 2.24) is 9.78 Å². The third-order valence-electron chi connectivity index (χ3n) is 2.00. The van der Waals surface area contributed by atoms with E-state index in [1.807, 2.05) is 0 Å². The van der Waals surface area contributed by atoms with Crippen LogP contribution in [-0.2, 0) is 20.8 Å². The number of esters is 2. The smallest absolute Gasteiger partial charge is 0.343 e. The molecule has 1 aromatic rings. The second-order valence-corrected chi connectivity index (χ2v) is 4.93. The minimum atomic E-state index is -0.570. The molecule has 0 saturated heterocycles. The highest BCUT2D eigenvalue weighted by molar-refractivity contribution is 5.93. The molecule has 7 heteroatoms. The van der Waals surface area contributed by atoms with Gasteiger partial charge in [0.2, 0.25) is 0 Å². The van der Waals surface area contributed by atoms with E-state index in [0.717, 1.165) is 0 Å². The Morgan fingerprint density at radius 1 is 1.42 bits per heavy atom. The maximum atomic E-state index is 11.6. The minimum absolute atomic E-state index is 0.0296. The maximum absolute atomic E-state index is 11.6. The lowest BCUT2D eigenvalue weighted by Gasteiger charge is -2.19. The molecule has 0 aliphatic heterocycles. The number of ether oxygens (including phenoxy) is 2. The predicted octanol–water partition coefficient (Wildman–Crippen LogP) is 0.984. The Bertz CT molecular complexity index is 474. The van der Waals surface area contributed by atoms with E-state index in [-0.39, 0.29) is 24.5 Å². The van der Waals surface area contributed by atoms with Gasteiger partial charge in [-0.25, -0.2) is 4.79 Å². The molecule has 0 amide bonds. The highest BCUT2D eigenvalue weighted by Gasteiger charge is 2.19. The first-order chi connectivity index (χ1) is 8.73. The van der Waals surface area contributed by atoms with Crippen molar-refractivity contribution >= 4 is 17.8 Å². The average Bonchev–Trinajstić information content (AvgIpc) is 2.56. The average molecular weight is 269 g/mol. The van der Waals surface area contributed by atoms with E-state index >= 15 is 0 Å². The van der Waals surface area contributed by atoms with Crippen LogP contribution in [0.15, 0.2) is 6.20 Å². The molecule has 0 saturated carbocycles. The van der Waals surface area contributed by atoms with Crippen molar-refractivity contribution in [3.8, 4) is 0 Å². The van der Waals surface area contributed by atoms with Gasteiger partial charge in [0, 0.05) is 6.20 Å². The molecular weight excluding hydrogens is 250 g/mol. The van der Waals surface area contributed by atoms with Crippen molar-refractivity contribution in [2.75, 3.05) is 12.3 Å². The Labute approximate surface area is 111 Å². The molecule has 0 atom stereocenters. The van der Waals surface area contributed by atoms with Gasteiger partial charge in [-0.15, -0.1) is 0 Å². The first kappa shape index (κ1) is 15.0. The summed E-state index contributed by atoms with van der Waals surface area (Å²) in [6.45, 7) is 7.14. The molecule has 0 aliphatic rings. The zero-order valence-electron chi connectivity index (χ0n) is 11.6. The lowest BCUT2D eigenvalue weighted by Crippen LogP contribution is -2.26. The van der Waals surface area contributed by atoms with Crippen molar-refractivity contribution in [3.63, 3.8) is 0 Å². The molecule has 0 aromatic carbocycles. The molecule has 0 spiro atoms. The molecule has 106 valence electrons. The zero-order chi connectivity index (χ0) is 14.6. The fraction of sp³-hybridized carbons (Fsp3) is 0.583. The van der Waals surface area contributed by atoms with Crippen LogP contribution in [-0.4, -0.2) is 33.9 Å². The predicted molar refractivity (Wildman–Crippen MR) is 68.4 cm³/mol. The number of anilines is 1. The van der Waals surface area contributed by atoms with Crippen molar-refractivity contribution in [2.45, 2.75) is 39.8 Å². The third kappa shape index (κ3) is 4.61. The summed E-state index contributed by atoms with van der Waals surface area (Å²) in [5, 5.41) is 3.88. The molecular formula is C12H19N3O4. The Kier molecular flexibility index (Phi) is 4.52. The molecule has 0 radical (unpaired) electrons. The lowest BCUT2D eigenvalue weighted by atomic mass is 10.2. The normalized spacial score (nSPS) is 11.2. The summed E-state index contributed by atoms with van der Waals surface area (Å²) in [6.07, 6.45) is 1.37. The Morgan fingerprint density at radius 3 is 2.58 bits per heavy atom. The quantitative estimate of drug-likeness (QED) is 0.818. The summed E-state index contributed by atoms with van der Waals surface area (Å²) in [5.41, 5.74) is 5.16. The fourth-order valence-electron chi connectivity index (χ4n) is 1.39. The van der Waals surface area contributed by atoms with E-state index < -0.39 is 17.5 Å². The first-order valence-electron chi connectivity index (χ1n) is 5.95. The Balaban J connectivity index is 2.74. The summed E-state index contributed by atoms with van der Waals surface area (Å²) in [4.78, 5) is 23.1. The number of nitrogens with two attached hydrogens (primary N) is 1. The van der Waals surface area contributed by atoms with Gasteiger partial charge in [0.1, 0.15) is 17.7 Å². The van der Waals surface area contributed by atoms with Crippen LogP contribution in [0.25, 0.3) is 0 Å². The maximum Gasteiger partial charge on any atom is 0.343 e. The molecule has 0 fully saturated rings. The van der Waals surface area contributed by atoms with Gasteiger partial charge in [-0.2, -0.15) is 5.10 Å². The van der Waals surface area contributed by atoms with Gasteiger partial charge in [-0.3, -0.25) is 9.48 Å². The summed E-state index contributed by atoms with van der Waals surface area (Å²) < 4.78 is 11.2. The van der Waals surface area contributed by atoms with Crippen LogP contribution in [0.1, 0.15) is 38.1 Å². The number of hydrogen-bond donors (Lipinski definition) is 1. The topological polar surface area (TPSA) is 96.4 Å². The van der Waals surface area contributed by atoms with Crippen molar-refractivity contribution in [3.05, 3.63) is 11.8 Å². The molecule has 0 unspecified atom stereocenters. The van der Waals surface area contributed by atoms with E-state index in [9.17, 15) is 9.59 Å². The van der Waals surface area contributed by atoms with E-state index in [0.29, 0.717) is 0 Å². The van der Waals surface area contributed by atoms with Crippen molar-refractivity contribution in [2.24, 2.45) is 0 Å². The van der Waals surface area contributed by atoms with Crippen LogP contribution in [0, 0.1) is 0 Å². The first-order valence-corrected chi connectivity index (χ1v) is 5.95. The number of rotatable bonds is 4. The third-order valence-corrected chi connectivity index (χ3v) is 2.00. The van der Waals surface area contributed by atoms with E-state index in [1.165, 1.54) is 10.9 Å². The van der Waals surface area contributed by atoms with Gasteiger partial charge in [0.25, 0.3) is 0 Å². The van der Waals surface area contributed by atoms with Crippen LogP contribution in [0.4, 0.5) is 5.82 Å². The molecule has 0 bridgehead atoms. The van der Waals surface area contributed by atoms with Gasteiger partial charge >= 0.3 is 11.9 Å². The SMILES string of the molecule is CCOC(=O)c1cn(CC(=O)OC(C)(C)C)nc1N. The van der Waals surface area contributed by atoms with E-state index in [4.69, 9.17) is 15.2 Å². The molecule has 1 heterocycles. The number of carbonyl (C=O) groups is 2. The van der Waals surface area contributed by atoms with Crippen LogP contribution in [0.3, 0.4) is 0 Å². The van der Waals surface area contributed by atoms with Crippen LogP contribution in [0.2, 0.25) is 0 Å². The Morgan fingerprint density at radius 2 is 2.05 bits per heavy atom. The standard InChI is InChI=1S/C12H19N3O4/c1-5-18-11(17)8-6-15(14-10(8)13)7-9(16)19-12(2,3)4/h6H,5,7H2,1-4H3,(H2,13,14). The monoisotopic (exact) mass is 269 g/mol. The highest BCUT2D eigenvalue weighted by atomic mass is 16.6. The number of hydrogen-bond acceptors (Lipinski definition) is 6. The minimum Gasteiger partial charge on any atom is -0.462 e. The molecule has 1 rings (SSSR count). The highest BCUT2D eigenvalue weighted by Crippen LogP contribution is 2.12. The number of aromatic nitrogens is 2. The number of nitrogen functional groups attached to an aromatic ring is 1. The molecule has 0 aliphatic carbocycles. The van der Waals surface area contributed by atoms with E-state index in [1.54, 1.807) is 27.7 Å². The lowest BCUT2D eigenvalue weighted by molar-refractivity contribution is -0.155. The summed E-state index contributed by atoms with van der Waals surface area (Å²) in [6, 6.07) is 0. The van der Waals surface area contributed by atoms with Gasteiger partial charge in [0.15, 0.2) is 5.82 Å². The Hall–Kier alpha value is -2.05. The summed E-state index contributed by atoms with van der Waals surface area (Å²) in [5.74, 6) is -0.983. The second-order valence-electron chi connectivity index (χ2n) is 4.93. The number of carbonyl (C=O) groups excluding carboxylic acids is 2. The van der Waals surface area contributed by atoms with Gasteiger partial charge in [0.05, 0.1) is 6.61 Å².